The number of rotatable bonds is 0. The van der Waals surface area contributed by atoms with Gasteiger partial charge >= 0.3 is 0 Å². The van der Waals surface area contributed by atoms with Crippen molar-refractivity contribution in [3.63, 3.8) is 0 Å². The molecule has 5 atom stereocenters. The molecule has 0 bridgehead atoms. The highest BCUT2D eigenvalue weighted by atomic mass is 16.3. The SMILES string of the molecule is CC1(C)[C@@H]2[C@H]1CCC(=O)[C@@]1(C)CC[C@](C)(O)[C@@H]21. The number of hydrogen-bond donors (Lipinski definition) is 1. The normalized spacial score (nSPS) is 56.1. The fourth-order valence-corrected chi connectivity index (χ4v) is 5.18. The summed E-state index contributed by atoms with van der Waals surface area (Å²) in [6, 6.07) is 0. The van der Waals surface area contributed by atoms with Crippen LogP contribution in [0.15, 0.2) is 0 Å². The zero-order valence-electron chi connectivity index (χ0n) is 11.4. The molecule has 17 heavy (non-hydrogen) atoms. The minimum atomic E-state index is -0.633. The van der Waals surface area contributed by atoms with Crippen molar-refractivity contribution in [3.05, 3.63) is 0 Å². The zero-order valence-corrected chi connectivity index (χ0v) is 11.4. The van der Waals surface area contributed by atoms with Crippen LogP contribution in [0.2, 0.25) is 0 Å². The number of carbonyl (C=O) groups is 1. The molecule has 3 rings (SSSR count). The van der Waals surface area contributed by atoms with E-state index in [9.17, 15) is 9.90 Å². The van der Waals surface area contributed by atoms with E-state index in [2.05, 4.69) is 20.8 Å². The summed E-state index contributed by atoms with van der Waals surface area (Å²) in [5.41, 5.74) is -0.552. The van der Waals surface area contributed by atoms with Crippen molar-refractivity contribution < 1.29 is 9.90 Å². The summed E-state index contributed by atoms with van der Waals surface area (Å²) in [5, 5.41) is 10.7. The highest BCUT2D eigenvalue weighted by Gasteiger charge is 2.71. The van der Waals surface area contributed by atoms with Gasteiger partial charge in [0.2, 0.25) is 0 Å². The molecule has 3 fully saturated rings. The van der Waals surface area contributed by atoms with Crippen molar-refractivity contribution in [2.45, 2.75) is 59.0 Å². The Balaban J connectivity index is 2.06. The second-order valence-electron chi connectivity index (χ2n) is 7.67. The molecular formula is C15H24O2. The van der Waals surface area contributed by atoms with Gasteiger partial charge in [-0.25, -0.2) is 0 Å². The van der Waals surface area contributed by atoms with Crippen LogP contribution in [-0.4, -0.2) is 16.5 Å². The van der Waals surface area contributed by atoms with Crippen LogP contribution in [0.3, 0.4) is 0 Å². The standard InChI is InChI=1S/C15H24O2/c1-13(2)9-5-6-10(16)14(3)7-8-15(4,17)12(14)11(9)13/h9,11-12,17H,5-8H2,1-4H3/t9-,11-,12+,14-,15+/m1/s1. The molecule has 0 aromatic carbocycles. The van der Waals surface area contributed by atoms with Crippen molar-refractivity contribution in [2.24, 2.45) is 28.6 Å². The maximum atomic E-state index is 12.4. The summed E-state index contributed by atoms with van der Waals surface area (Å²) in [4.78, 5) is 12.4. The molecule has 0 aromatic rings. The number of ketones is 1. The number of carbonyl (C=O) groups excluding carboxylic acids is 1. The van der Waals surface area contributed by atoms with E-state index in [1.54, 1.807) is 0 Å². The number of fused-ring (bicyclic) bond motifs is 3. The maximum Gasteiger partial charge on any atom is 0.139 e. The predicted octanol–water partition coefficient (Wildman–Crippen LogP) is 2.79. The third kappa shape index (κ3) is 1.28. The Kier molecular flexibility index (Phi) is 2.04. The quantitative estimate of drug-likeness (QED) is 0.702. The number of aliphatic hydroxyl groups is 1. The molecule has 0 aliphatic heterocycles. The fourth-order valence-electron chi connectivity index (χ4n) is 5.18. The monoisotopic (exact) mass is 236 g/mol. The van der Waals surface area contributed by atoms with Gasteiger partial charge in [0.15, 0.2) is 0 Å². The van der Waals surface area contributed by atoms with E-state index in [-0.39, 0.29) is 11.3 Å². The molecule has 0 amide bonds. The third-order valence-corrected chi connectivity index (χ3v) is 6.32. The van der Waals surface area contributed by atoms with E-state index in [0.29, 0.717) is 23.0 Å². The first-order valence-electron chi connectivity index (χ1n) is 6.97. The van der Waals surface area contributed by atoms with Crippen molar-refractivity contribution in [3.8, 4) is 0 Å². The van der Waals surface area contributed by atoms with Gasteiger partial charge in [-0.2, -0.15) is 0 Å². The molecule has 0 aromatic heterocycles. The summed E-state index contributed by atoms with van der Waals surface area (Å²) in [6.45, 7) is 8.69. The van der Waals surface area contributed by atoms with Crippen LogP contribution in [0, 0.1) is 28.6 Å². The van der Waals surface area contributed by atoms with E-state index < -0.39 is 5.60 Å². The zero-order chi connectivity index (χ0) is 12.6. The lowest BCUT2D eigenvalue weighted by molar-refractivity contribution is -0.133. The summed E-state index contributed by atoms with van der Waals surface area (Å²) < 4.78 is 0. The molecule has 0 saturated heterocycles. The highest BCUT2D eigenvalue weighted by Crippen LogP contribution is 2.72. The number of Topliss-reactive ketones (excluding diaryl/α,β-unsaturated/α-hetero) is 1. The average Bonchev–Trinajstić information content (AvgIpc) is 2.67. The fraction of sp³-hybridized carbons (Fsp3) is 0.933. The Morgan fingerprint density at radius 1 is 1.18 bits per heavy atom. The van der Waals surface area contributed by atoms with E-state index >= 15 is 0 Å². The molecule has 3 saturated carbocycles. The summed E-state index contributed by atoms with van der Waals surface area (Å²) in [7, 11) is 0. The van der Waals surface area contributed by atoms with Crippen molar-refractivity contribution >= 4 is 5.78 Å². The van der Waals surface area contributed by atoms with Gasteiger partial charge in [-0.05, 0) is 43.4 Å². The molecule has 1 N–H and O–H groups in total. The lowest BCUT2D eigenvalue weighted by Gasteiger charge is -2.36. The van der Waals surface area contributed by atoms with Crippen LogP contribution in [-0.2, 0) is 4.79 Å². The van der Waals surface area contributed by atoms with Crippen LogP contribution < -0.4 is 0 Å². The van der Waals surface area contributed by atoms with E-state index in [4.69, 9.17) is 0 Å². The Morgan fingerprint density at radius 3 is 2.47 bits per heavy atom. The molecule has 2 nitrogen and oxygen atoms in total. The molecule has 0 radical (unpaired) electrons. The Labute approximate surface area is 104 Å². The molecule has 0 heterocycles. The largest absolute Gasteiger partial charge is 0.390 e. The molecule has 0 unspecified atom stereocenters. The van der Waals surface area contributed by atoms with Crippen LogP contribution in [0.1, 0.15) is 53.4 Å². The van der Waals surface area contributed by atoms with Gasteiger partial charge in [-0.1, -0.05) is 20.8 Å². The van der Waals surface area contributed by atoms with Gasteiger partial charge in [-0.15, -0.1) is 0 Å². The maximum absolute atomic E-state index is 12.4. The van der Waals surface area contributed by atoms with Gasteiger partial charge in [0.1, 0.15) is 5.78 Å². The van der Waals surface area contributed by atoms with Gasteiger partial charge in [0.05, 0.1) is 5.60 Å². The topological polar surface area (TPSA) is 37.3 Å². The molecular weight excluding hydrogens is 212 g/mol. The number of hydrogen-bond acceptors (Lipinski definition) is 2. The predicted molar refractivity (Wildman–Crippen MR) is 66.5 cm³/mol. The summed E-state index contributed by atoms with van der Waals surface area (Å²) >= 11 is 0. The third-order valence-electron chi connectivity index (χ3n) is 6.32. The van der Waals surface area contributed by atoms with Gasteiger partial charge < -0.3 is 5.11 Å². The van der Waals surface area contributed by atoms with Crippen molar-refractivity contribution in [1.82, 2.24) is 0 Å². The first-order valence-corrected chi connectivity index (χ1v) is 6.97. The molecule has 3 aliphatic carbocycles. The summed E-state index contributed by atoms with van der Waals surface area (Å²) in [6.07, 6.45) is 3.44. The summed E-state index contributed by atoms with van der Waals surface area (Å²) in [5.74, 6) is 1.80. The minimum absolute atomic E-state index is 0.185. The average molecular weight is 236 g/mol. The van der Waals surface area contributed by atoms with E-state index in [0.717, 1.165) is 25.7 Å². The second-order valence-corrected chi connectivity index (χ2v) is 7.67. The second kappa shape index (κ2) is 2.96. The molecule has 96 valence electrons. The van der Waals surface area contributed by atoms with Crippen LogP contribution >= 0.6 is 0 Å². The minimum Gasteiger partial charge on any atom is -0.390 e. The van der Waals surface area contributed by atoms with E-state index in [1.165, 1.54) is 0 Å². The Bertz CT molecular complexity index is 382. The molecule has 0 spiro atoms. The first-order chi connectivity index (χ1) is 7.71. The van der Waals surface area contributed by atoms with Gasteiger partial charge in [0.25, 0.3) is 0 Å². The lowest BCUT2D eigenvalue weighted by Crippen LogP contribution is -2.42. The molecule has 2 heteroatoms. The Morgan fingerprint density at radius 2 is 1.82 bits per heavy atom. The van der Waals surface area contributed by atoms with Crippen LogP contribution in [0.4, 0.5) is 0 Å². The first kappa shape index (κ1) is 11.7. The van der Waals surface area contributed by atoms with Crippen molar-refractivity contribution in [2.75, 3.05) is 0 Å². The smallest absolute Gasteiger partial charge is 0.139 e. The lowest BCUT2D eigenvalue weighted by atomic mass is 9.69. The van der Waals surface area contributed by atoms with Gasteiger partial charge in [0, 0.05) is 17.8 Å². The molecule has 3 aliphatic rings. The van der Waals surface area contributed by atoms with Crippen molar-refractivity contribution in [1.29, 1.82) is 0 Å². The van der Waals surface area contributed by atoms with Crippen LogP contribution in [0.25, 0.3) is 0 Å². The van der Waals surface area contributed by atoms with Gasteiger partial charge in [-0.3, -0.25) is 4.79 Å². The highest BCUT2D eigenvalue weighted by molar-refractivity contribution is 5.86. The Hall–Kier alpha value is -0.370. The van der Waals surface area contributed by atoms with E-state index in [1.807, 2.05) is 6.92 Å². The van der Waals surface area contributed by atoms with Crippen LogP contribution in [0.5, 0.6) is 0 Å².